The van der Waals surface area contributed by atoms with Gasteiger partial charge in [-0.25, -0.2) is 0 Å². The van der Waals surface area contributed by atoms with Crippen LogP contribution >= 0.6 is 0 Å². The Kier molecular flexibility index (Phi) is 8.19. The number of amides is 1. The zero-order chi connectivity index (χ0) is 18.6. The Morgan fingerprint density at radius 2 is 1.42 bits per heavy atom. The monoisotopic (exact) mass is 352 g/mol. The largest absolute Gasteiger partial charge is 0.357 e. The number of hydrogen-bond acceptors (Lipinski definition) is 2. The van der Waals surface area contributed by atoms with E-state index in [1.807, 2.05) is 19.1 Å². The normalized spacial score (nSPS) is 11.3. The first kappa shape index (κ1) is 19.5. The van der Waals surface area contributed by atoms with Crippen LogP contribution < -0.4 is 16.0 Å². The molecule has 0 saturated carbocycles. The van der Waals surface area contributed by atoms with Crippen molar-refractivity contribution in [2.24, 2.45) is 4.99 Å². The maximum absolute atomic E-state index is 11.0. The predicted molar refractivity (Wildman–Crippen MR) is 107 cm³/mol. The molecular formula is C21H28N4O. The molecule has 138 valence electrons. The highest BCUT2D eigenvalue weighted by Crippen LogP contribution is 2.24. The molecule has 3 N–H and O–H groups in total. The summed E-state index contributed by atoms with van der Waals surface area (Å²) in [7, 11) is 0. The summed E-state index contributed by atoms with van der Waals surface area (Å²) in [5, 5.41) is 9.29. The van der Waals surface area contributed by atoms with Gasteiger partial charge in [0.1, 0.15) is 0 Å². The first-order chi connectivity index (χ1) is 12.7. The van der Waals surface area contributed by atoms with Crippen LogP contribution in [0.15, 0.2) is 65.7 Å². The second-order valence-electron chi connectivity index (χ2n) is 6.00. The molecule has 0 heterocycles. The van der Waals surface area contributed by atoms with E-state index in [4.69, 9.17) is 4.99 Å². The molecule has 0 atom stereocenters. The van der Waals surface area contributed by atoms with Crippen LogP contribution in [-0.4, -0.2) is 38.0 Å². The van der Waals surface area contributed by atoms with Crippen LogP contribution in [0.2, 0.25) is 0 Å². The number of benzene rings is 2. The van der Waals surface area contributed by atoms with Gasteiger partial charge < -0.3 is 16.0 Å². The van der Waals surface area contributed by atoms with Gasteiger partial charge in [0.15, 0.2) is 5.96 Å². The lowest BCUT2D eigenvalue weighted by atomic mass is 9.91. The van der Waals surface area contributed by atoms with Crippen molar-refractivity contribution in [1.29, 1.82) is 0 Å². The fourth-order valence-corrected chi connectivity index (χ4v) is 2.72. The molecule has 0 fully saturated rings. The van der Waals surface area contributed by atoms with Crippen molar-refractivity contribution in [2.75, 3.05) is 26.2 Å². The molecule has 2 aromatic rings. The maximum Gasteiger partial charge on any atom is 0.216 e. The molecule has 0 aliphatic rings. The highest BCUT2D eigenvalue weighted by atomic mass is 16.1. The molecule has 2 aromatic carbocycles. The van der Waals surface area contributed by atoms with Crippen LogP contribution in [0.3, 0.4) is 0 Å². The van der Waals surface area contributed by atoms with Gasteiger partial charge in [0.2, 0.25) is 5.91 Å². The summed E-state index contributed by atoms with van der Waals surface area (Å²) in [4.78, 5) is 15.7. The zero-order valence-electron chi connectivity index (χ0n) is 15.5. The van der Waals surface area contributed by atoms with Gasteiger partial charge in [0, 0.05) is 32.5 Å². The zero-order valence-corrected chi connectivity index (χ0v) is 15.5. The summed E-state index contributed by atoms with van der Waals surface area (Å²) >= 11 is 0. The lowest BCUT2D eigenvalue weighted by Gasteiger charge is -2.18. The van der Waals surface area contributed by atoms with Crippen LogP contribution in [0.1, 0.15) is 30.9 Å². The van der Waals surface area contributed by atoms with Gasteiger partial charge in [-0.2, -0.15) is 0 Å². The molecule has 2 rings (SSSR count). The summed E-state index contributed by atoms with van der Waals surface area (Å²) in [6.07, 6.45) is 0. The SMILES string of the molecule is CCNC(=NCC(c1ccccc1)c1ccccc1)NCCNC(C)=O. The second kappa shape index (κ2) is 10.9. The van der Waals surface area contributed by atoms with E-state index in [9.17, 15) is 4.79 Å². The lowest BCUT2D eigenvalue weighted by Crippen LogP contribution is -2.41. The first-order valence-corrected chi connectivity index (χ1v) is 9.07. The smallest absolute Gasteiger partial charge is 0.216 e. The summed E-state index contributed by atoms with van der Waals surface area (Å²) in [5.41, 5.74) is 2.49. The summed E-state index contributed by atoms with van der Waals surface area (Å²) in [5.74, 6) is 0.930. The second-order valence-corrected chi connectivity index (χ2v) is 6.00. The average Bonchev–Trinajstić information content (AvgIpc) is 2.67. The Bertz CT molecular complexity index is 646. The molecule has 1 amide bonds. The average molecular weight is 352 g/mol. The van der Waals surface area contributed by atoms with Gasteiger partial charge in [-0.3, -0.25) is 9.79 Å². The number of carbonyl (C=O) groups excluding carboxylic acids is 1. The minimum atomic E-state index is -0.0260. The highest BCUT2D eigenvalue weighted by molar-refractivity contribution is 5.80. The molecule has 0 aliphatic heterocycles. The van der Waals surface area contributed by atoms with E-state index in [1.54, 1.807) is 0 Å². The van der Waals surface area contributed by atoms with Crippen LogP contribution in [0.4, 0.5) is 0 Å². The fourth-order valence-electron chi connectivity index (χ4n) is 2.72. The quantitative estimate of drug-likeness (QED) is 0.389. The number of nitrogens with one attached hydrogen (secondary N) is 3. The number of carbonyl (C=O) groups is 1. The minimum absolute atomic E-state index is 0.0260. The molecule has 5 nitrogen and oxygen atoms in total. The molecule has 5 heteroatoms. The van der Waals surface area contributed by atoms with Crippen molar-refractivity contribution >= 4 is 11.9 Å². The van der Waals surface area contributed by atoms with E-state index in [2.05, 4.69) is 64.5 Å². The van der Waals surface area contributed by atoms with E-state index >= 15 is 0 Å². The van der Waals surface area contributed by atoms with Gasteiger partial charge in [0.25, 0.3) is 0 Å². The van der Waals surface area contributed by atoms with Crippen LogP contribution in [0.25, 0.3) is 0 Å². The van der Waals surface area contributed by atoms with Crippen molar-refractivity contribution in [3.8, 4) is 0 Å². The van der Waals surface area contributed by atoms with E-state index in [0.717, 1.165) is 12.5 Å². The van der Waals surface area contributed by atoms with Crippen molar-refractivity contribution < 1.29 is 4.79 Å². The molecule has 0 spiro atoms. The summed E-state index contributed by atoms with van der Waals surface area (Å²) in [6.45, 7) is 6.19. The van der Waals surface area contributed by atoms with Crippen LogP contribution in [-0.2, 0) is 4.79 Å². The third-order valence-corrected chi connectivity index (χ3v) is 3.97. The van der Waals surface area contributed by atoms with E-state index in [0.29, 0.717) is 19.6 Å². The van der Waals surface area contributed by atoms with Gasteiger partial charge >= 0.3 is 0 Å². The minimum Gasteiger partial charge on any atom is -0.357 e. The molecule has 0 bridgehead atoms. The van der Waals surface area contributed by atoms with Crippen molar-refractivity contribution in [3.05, 3.63) is 71.8 Å². The van der Waals surface area contributed by atoms with E-state index in [1.165, 1.54) is 18.1 Å². The molecule has 0 radical (unpaired) electrons. The number of nitrogens with zero attached hydrogens (tertiary/aromatic N) is 1. The number of guanidine groups is 1. The number of hydrogen-bond donors (Lipinski definition) is 3. The molecule has 0 aromatic heterocycles. The Balaban J connectivity index is 2.09. The van der Waals surface area contributed by atoms with Crippen molar-refractivity contribution in [1.82, 2.24) is 16.0 Å². The molecular weight excluding hydrogens is 324 g/mol. The first-order valence-electron chi connectivity index (χ1n) is 9.07. The third-order valence-electron chi connectivity index (χ3n) is 3.97. The third kappa shape index (κ3) is 6.59. The highest BCUT2D eigenvalue weighted by Gasteiger charge is 2.13. The van der Waals surface area contributed by atoms with Gasteiger partial charge in [-0.15, -0.1) is 0 Å². The van der Waals surface area contributed by atoms with E-state index in [-0.39, 0.29) is 11.8 Å². The molecule has 0 unspecified atom stereocenters. The lowest BCUT2D eigenvalue weighted by molar-refractivity contribution is -0.118. The Morgan fingerprint density at radius 1 is 0.885 bits per heavy atom. The number of rotatable bonds is 8. The van der Waals surface area contributed by atoms with Crippen LogP contribution in [0, 0.1) is 0 Å². The van der Waals surface area contributed by atoms with Crippen molar-refractivity contribution in [3.63, 3.8) is 0 Å². The number of aliphatic imine (C=N–C) groups is 1. The standard InChI is InChI=1S/C21H28N4O/c1-3-22-21(24-15-14-23-17(2)26)25-16-20(18-10-6-4-7-11-18)19-12-8-5-9-13-19/h4-13,20H,3,14-16H2,1-2H3,(H,23,26)(H2,22,24,25). The predicted octanol–water partition coefficient (Wildman–Crippen LogP) is 2.51. The van der Waals surface area contributed by atoms with Crippen LogP contribution in [0.5, 0.6) is 0 Å². The van der Waals surface area contributed by atoms with Crippen molar-refractivity contribution in [2.45, 2.75) is 19.8 Å². The molecule has 0 aliphatic carbocycles. The summed E-state index contributed by atoms with van der Waals surface area (Å²) < 4.78 is 0. The maximum atomic E-state index is 11.0. The van der Waals surface area contributed by atoms with Gasteiger partial charge in [-0.1, -0.05) is 60.7 Å². The topological polar surface area (TPSA) is 65.5 Å². The van der Waals surface area contributed by atoms with Gasteiger partial charge in [-0.05, 0) is 18.1 Å². The Labute approximate surface area is 155 Å². The summed E-state index contributed by atoms with van der Waals surface area (Å²) in [6, 6.07) is 20.9. The Hall–Kier alpha value is -2.82. The Morgan fingerprint density at radius 3 is 1.92 bits per heavy atom. The fraction of sp³-hybridized carbons (Fsp3) is 0.333. The molecule has 0 saturated heterocycles. The van der Waals surface area contributed by atoms with E-state index < -0.39 is 0 Å². The molecule has 26 heavy (non-hydrogen) atoms. The van der Waals surface area contributed by atoms with Gasteiger partial charge in [0.05, 0.1) is 6.54 Å².